The second kappa shape index (κ2) is 8.03. The maximum atomic E-state index is 12.3. The average Bonchev–Trinajstić information content (AvgIpc) is 2.60. The van der Waals surface area contributed by atoms with Crippen molar-refractivity contribution in [3.8, 4) is 12.3 Å². The number of sulfonamides is 1. The topological polar surface area (TPSA) is 66.5 Å². The molecule has 0 aliphatic heterocycles. The SMILES string of the molecule is C#CC(C)(C)NC(=O)c1ccc(N(Cc2ccc(Cl)cc2)S(C)(=O)=O)cc1. The number of benzene rings is 2. The summed E-state index contributed by atoms with van der Waals surface area (Å²) >= 11 is 5.88. The molecule has 1 amide bonds. The van der Waals surface area contributed by atoms with Crippen LogP contribution in [0.3, 0.4) is 0 Å². The summed E-state index contributed by atoms with van der Waals surface area (Å²) in [5, 5.41) is 3.31. The van der Waals surface area contributed by atoms with Crippen LogP contribution < -0.4 is 9.62 Å². The van der Waals surface area contributed by atoms with E-state index in [0.717, 1.165) is 11.8 Å². The highest BCUT2D eigenvalue weighted by Gasteiger charge is 2.20. The third-order valence-electron chi connectivity index (χ3n) is 3.84. The molecule has 27 heavy (non-hydrogen) atoms. The van der Waals surface area contributed by atoms with Crippen molar-refractivity contribution in [1.29, 1.82) is 0 Å². The fourth-order valence-electron chi connectivity index (χ4n) is 2.33. The molecule has 0 spiro atoms. The Bertz CT molecular complexity index is 960. The zero-order valence-corrected chi connectivity index (χ0v) is 16.9. The zero-order chi connectivity index (χ0) is 20.2. The first kappa shape index (κ1) is 20.8. The highest BCUT2D eigenvalue weighted by molar-refractivity contribution is 7.92. The van der Waals surface area contributed by atoms with Gasteiger partial charge in [0, 0.05) is 10.6 Å². The van der Waals surface area contributed by atoms with E-state index >= 15 is 0 Å². The third-order valence-corrected chi connectivity index (χ3v) is 5.24. The van der Waals surface area contributed by atoms with Gasteiger partial charge in [0.05, 0.1) is 24.0 Å². The third kappa shape index (κ3) is 5.75. The van der Waals surface area contributed by atoms with E-state index in [1.54, 1.807) is 62.4 Å². The molecule has 1 N–H and O–H groups in total. The summed E-state index contributed by atoms with van der Waals surface area (Å²) in [5.74, 6) is 2.17. The predicted octanol–water partition coefficient (Wildman–Crippen LogP) is 3.45. The molecule has 0 unspecified atom stereocenters. The molecule has 0 bridgehead atoms. The molecule has 0 radical (unpaired) electrons. The van der Waals surface area contributed by atoms with Crippen LogP contribution in [0.4, 0.5) is 5.69 Å². The Morgan fingerprint density at radius 3 is 2.19 bits per heavy atom. The van der Waals surface area contributed by atoms with Crippen molar-refractivity contribution in [2.75, 3.05) is 10.6 Å². The lowest BCUT2D eigenvalue weighted by Crippen LogP contribution is -2.42. The van der Waals surface area contributed by atoms with Crippen LogP contribution in [0.5, 0.6) is 0 Å². The first-order valence-corrected chi connectivity index (χ1v) is 10.4. The maximum absolute atomic E-state index is 12.3. The molecule has 2 aromatic rings. The molecule has 7 heteroatoms. The van der Waals surface area contributed by atoms with Crippen molar-refractivity contribution in [2.45, 2.75) is 25.9 Å². The monoisotopic (exact) mass is 404 g/mol. The van der Waals surface area contributed by atoms with E-state index < -0.39 is 15.6 Å². The van der Waals surface area contributed by atoms with Gasteiger partial charge >= 0.3 is 0 Å². The minimum Gasteiger partial charge on any atom is -0.336 e. The number of rotatable bonds is 6. The standard InChI is InChI=1S/C20H21ClN2O3S/c1-5-20(2,3)22-19(24)16-8-12-18(13-9-16)23(27(4,25)26)14-15-6-10-17(21)11-7-15/h1,6-13H,14H2,2-4H3,(H,22,24). The van der Waals surface area contributed by atoms with Gasteiger partial charge in [-0.3, -0.25) is 9.10 Å². The van der Waals surface area contributed by atoms with E-state index in [2.05, 4.69) is 11.2 Å². The second-order valence-electron chi connectivity index (χ2n) is 6.67. The van der Waals surface area contributed by atoms with Gasteiger partial charge in [0.1, 0.15) is 0 Å². The Morgan fingerprint density at radius 1 is 1.15 bits per heavy atom. The fraction of sp³-hybridized carbons (Fsp3) is 0.250. The molecule has 0 fully saturated rings. The molecular weight excluding hydrogens is 384 g/mol. The lowest BCUT2D eigenvalue weighted by Gasteiger charge is -2.23. The van der Waals surface area contributed by atoms with Crippen molar-refractivity contribution in [2.24, 2.45) is 0 Å². The van der Waals surface area contributed by atoms with Crippen LogP contribution in [0.1, 0.15) is 29.8 Å². The molecule has 5 nitrogen and oxygen atoms in total. The minimum absolute atomic E-state index is 0.158. The summed E-state index contributed by atoms with van der Waals surface area (Å²) in [6.07, 6.45) is 6.52. The molecular formula is C20H21ClN2O3S. The zero-order valence-electron chi connectivity index (χ0n) is 15.4. The van der Waals surface area contributed by atoms with Crippen LogP contribution >= 0.6 is 11.6 Å². The van der Waals surface area contributed by atoms with Gasteiger partial charge in [0.2, 0.25) is 10.0 Å². The fourth-order valence-corrected chi connectivity index (χ4v) is 3.34. The summed E-state index contributed by atoms with van der Waals surface area (Å²) in [5.41, 5.74) is 0.869. The van der Waals surface area contributed by atoms with Gasteiger partial charge in [0.25, 0.3) is 5.91 Å². The van der Waals surface area contributed by atoms with Gasteiger partial charge in [-0.05, 0) is 55.8 Å². The summed E-state index contributed by atoms with van der Waals surface area (Å²) in [6, 6.07) is 13.3. The van der Waals surface area contributed by atoms with Crippen LogP contribution in [0.2, 0.25) is 5.02 Å². The van der Waals surface area contributed by atoms with Crippen LogP contribution in [0, 0.1) is 12.3 Å². The van der Waals surface area contributed by atoms with Gasteiger partial charge in [-0.2, -0.15) is 0 Å². The lowest BCUT2D eigenvalue weighted by atomic mass is 10.1. The first-order valence-electron chi connectivity index (χ1n) is 8.14. The van der Waals surface area contributed by atoms with Gasteiger partial charge in [-0.15, -0.1) is 6.42 Å². The quantitative estimate of drug-likeness (QED) is 0.750. The number of anilines is 1. The summed E-state index contributed by atoms with van der Waals surface area (Å²) in [7, 11) is -3.52. The van der Waals surface area contributed by atoms with Gasteiger partial charge in [-0.25, -0.2) is 8.42 Å². The second-order valence-corrected chi connectivity index (χ2v) is 9.01. The highest BCUT2D eigenvalue weighted by Crippen LogP contribution is 2.22. The number of carbonyl (C=O) groups is 1. The minimum atomic E-state index is -3.52. The molecule has 0 atom stereocenters. The molecule has 142 valence electrons. The number of carbonyl (C=O) groups excluding carboxylic acids is 1. The number of hydrogen-bond acceptors (Lipinski definition) is 3. The van der Waals surface area contributed by atoms with E-state index in [4.69, 9.17) is 18.0 Å². The molecule has 0 saturated carbocycles. The van der Waals surface area contributed by atoms with Crippen molar-refractivity contribution >= 4 is 33.2 Å². The lowest BCUT2D eigenvalue weighted by molar-refractivity contribution is 0.0930. The van der Waals surface area contributed by atoms with Gasteiger partial charge in [-0.1, -0.05) is 29.7 Å². The van der Waals surface area contributed by atoms with E-state index in [0.29, 0.717) is 16.3 Å². The molecule has 0 aliphatic rings. The molecule has 0 aromatic heterocycles. The van der Waals surface area contributed by atoms with Crippen LogP contribution in [0.25, 0.3) is 0 Å². The summed E-state index contributed by atoms with van der Waals surface area (Å²) in [6.45, 7) is 3.60. The molecule has 2 rings (SSSR count). The predicted molar refractivity (Wildman–Crippen MR) is 109 cm³/mol. The number of hydrogen-bond donors (Lipinski definition) is 1. The number of nitrogens with one attached hydrogen (secondary N) is 1. The first-order chi connectivity index (χ1) is 12.5. The summed E-state index contributed by atoms with van der Waals surface area (Å²) < 4.78 is 25.8. The number of halogens is 1. The van der Waals surface area contributed by atoms with E-state index in [1.807, 2.05) is 0 Å². The van der Waals surface area contributed by atoms with E-state index in [1.165, 1.54) is 4.31 Å². The smallest absolute Gasteiger partial charge is 0.252 e. The van der Waals surface area contributed by atoms with Crippen LogP contribution in [0.15, 0.2) is 48.5 Å². The Morgan fingerprint density at radius 2 is 1.70 bits per heavy atom. The van der Waals surface area contributed by atoms with E-state index in [9.17, 15) is 13.2 Å². The largest absolute Gasteiger partial charge is 0.336 e. The normalized spacial score (nSPS) is 11.5. The van der Waals surface area contributed by atoms with Crippen LogP contribution in [-0.2, 0) is 16.6 Å². The Labute approximate surface area is 165 Å². The molecule has 2 aromatic carbocycles. The summed E-state index contributed by atoms with van der Waals surface area (Å²) in [4.78, 5) is 12.3. The molecule has 0 saturated heterocycles. The van der Waals surface area contributed by atoms with E-state index in [-0.39, 0.29) is 12.5 Å². The van der Waals surface area contributed by atoms with Gasteiger partial charge < -0.3 is 5.32 Å². The van der Waals surface area contributed by atoms with Gasteiger partial charge in [0.15, 0.2) is 0 Å². The maximum Gasteiger partial charge on any atom is 0.252 e. The van der Waals surface area contributed by atoms with Crippen LogP contribution in [-0.4, -0.2) is 26.1 Å². The Hall–Kier alpha value is -2.49. The van der Waals surface area contributed by atoms with Crippen molar-refractivity contribution in [1.82, 2.24) is 5.32 Å². The number of amides is 1. The Kier molecular flexibility index (Phi) is 6.19. The highest BCUT2D eigenvalue weighted by atomic mass is 35.5. The number of nitrogens with zero attached hydrogens (tertiary/aromatic N) is 1. The number of terminal acetylenes is 1. The average molecular weight is 405 g/mol. The molecule has 0 aliphatic carbocycles. The van der Waals surface area contributed by atoms with Crippen molar-refractivity contribution < 1.29 is 13.2 Å². The van der Waals surface area contributed by atoms with Crippen molar-refractivity contribution in [3.63, 3.8) is 0 Å². The van der Waals surface area contributed by atoms with Crippen molar-refractivity contribution in [3.05, 3.63) is 64.7 Å². The Balaban J connectivity index is 2.26. The molecule has 0 heterocycles.